The van der Waals surface area contributed by atoms with Crippen molar-refractivity contribution in [3.8, 4) is 5.75 Å². The molecule has 1 amide bonds. The van der Waals surface area contributed by atoms with Crippen molar-refractivity contribution < 1.29 is 28.9 Å². The summed E-state index contributed by atoms with van der Waals surface area (Å²) >= 11 is 0. The summed E-state index contributed by atoms with van der Waals surface area (Å²) in [4.78, 5) is 25.2. The molecule has 0 spiro atoms. The summed E-state index contributed by atoms with van der Waals surface area (Å²) in [5, 5.41) is 14.2. The number of benzene rings is 1. The van der Waals surface area contributed by atoms with Gasteiger partial charge in [-0.3, -0.25) is 9.59 Å². The highest BCUT2D eigenvalue weighted by Gasteiger charge is 2.31. The van der Waals surface area contributed by atoms with Gasteiger partial charge in [-0.2, -0.15) is 0 Å². The van der Waals surface area contributed by atoms with Crippen LogP contribution in [0, 0.1) is 23.7 Å². The van der Waals surface area contributed by atoms with Crippen molar-refractivity contribution in [1.82, 2.24) is 5.32 Å². The first-order valence-corrected chi connectivity index (χ1v) is 14.6. The van der Waals surface area contributed by atoms with Crippen molar-refractivity contribution in [3.63, 3.8) is 0 Å². The van der Waals surface area contributed by atoms with E-state index in [0.29, 0.717) is 56.5 Å². The molecule has 1 aromatic rings. The van der Waals surface area contributed by atoms with Crippen LogP contribution in [0.3, 0.4) is 0 Å². The molecule has 222 valence electrons. The summed E-state index contributed by atoms with van der Waals surface area (Å²) < 4.78 is 16.4. The molecular formula is C31H52N2O6. The molecule has 4 atom stereocenters. The molecule has 0 aromatic heterocycles. The van der Waals surface area contributed by atoms with Gasteiger partial charge in [0.1, 0.15) is 5.75 Å². The summed E-state index contributed by atoms with van der Waals surface area (Å²) in [7, 11) is 1.65. The first kappa shape index (κ1) is 33.2. The number of Topliss-reactive ketones (excluding diaryl/α,β-unsaturated/α-hetero) is 1. The molecule has 1 aliphatic rings. The lowest BCUT2D eigenvalue weighted by molar-refractivity contribution is -0.129. The molecule has 1 aliphatic heterocycles. The Bertz CT molecular complexity index is 884. The van der Waals surface area contributed by atoms with Gasteiger partial charge in [-0.1, -0.05) is 33.8 Å². The Balaban J connectivity index is 2.04. The number of hydrogen-bond acceptors (Lipinski definition) is 7. The zero-order chi connectivity index (χ0) is 28.9. The average molecular weight is 549 g/mol. The predicted molar refractivity (Wildman–Crippen MR) is 154 cm³/mol. The third-order valence-electron chi connectivity index (χ3n) is 7.89. The smallest absolute Gasteiger partial charge is 0.223 e. The lowest BCUT2D eigenvalue weighted by Gasteiger charge is -2.31. The summed E-state index contributed by atoms with van der Waals surface area (Å²) in [6, 6.07) is 5.45. The van der Waals surface area contributed by atoms with Gasteiger partial charge in [-0.05, 0) is 74.5 Å². The predicted octanol–water partition coefficient (Wildman–Crippen LogP) is 4.16. The minimum Gasteiger partial charge on any atom is -0.493 e. The molecule has 39 heavy (non-hydrogen) atoms. The third kappa shape index (κ3) is 11.2. The number of methoxy groups -OCH3 is 1. The lowest BCUT2D eigenvalue weighted by atomic mass is 9.80. The zero-order valence-corrected chi connectivity index (χ0v) is 24.9. The van der Waals surface area contributed by atoms with Crippen molar-refractivity contribution >= 4 is 11.7 Å². The number of aliphatic hydroxyl groups excluding tert-OH is 1. The van der Waals surface area contributed by atoms with Gasteiger partial charge < -0.3 is 30.4 Å². The first-order valence-electron chi connectivity index (χ1n) is 14.6. The van der Waals surface area contributed by atoms with Gasteiger partial charge in [0.05, 0.1) is 18.3 Å². The quantitative estimate of drug-likeness (QED) is 0.198. The average Bonchev–Trinajstić information content (AvgIpc) is 2.89. The minimum atomic E-state index is -0.779. The van der Waals surface area contributed by atoms with E-state index in [-0.39, 0.29) is 35.5 Å². The highest BCUT2D eigenvalue weighted by Crippen LogP contribution is 2.29. The molecule has 4 N–H and O–H groups in total. The van der Waals surface area contributed by atoms with Crippen LogP contribution in [0.2, 0.25) is 0 Å². The Labute approximate surface area is 235 Å². The van der Waals surface area contributed by atoms with E-state index < -0.39 is 12.1 Å². The number of hydrogen-bond donors (Lipinski definition) is 3. The van der Waals surface area contributed by atoms with E-state index in [1.54, 1.807) is 14.0 Å². The lowest BCUT2D eigenvalue weighted by Crippen LogP contribution is -2.46. The SMILES string of the molecule is COCCCOc1cc(C[C@@H](C[C@H](N)C(O)C[C@H](C(=O)NC2CCOCC2)C(C)C)C(C)C)ccc1C(C)=O. The fourth-order valence-electron chi connectivity index (χ4n) is 5.16. The molecule has 2 rings (SSSR count). The van der Waals surface area contributed by atoms with Crippen molar-refractivity contribution in [2.24, 2.45) is 29.4 Å². The zero-order valence-electron chi connectivity index (χ0n) is 24.9. The molecule has 1 aromatic carbocycles. The van der Waals surface area contributed by atoms with Gasteiger partial charge in [0.25, 0.3) is 0 Å². The number of ketones is 1. The monoisotopic (exact) mass is 548 g/mol. The second kappa shape index (κ2) is 17.0. The standard InChI is InChI=1S/C31H52N2O6/c1-20(2)24(16-23-8-9-26(22(5)34)30(17-23)39-13-7-12-37-6)18-28(32)29(35)19-27(21(3)4)31(36)33-25-10-14-38-15-11-25/h8-9,17,20-21,24-25,27-29,35H,7,10-16,18-19,32H2,1-6H3,(H,33,36)/t24-,27-,28-,29?/m0/s1. The summed E-state index contributed by atoms with van der Waals surface area (Å²) in [5.74, 6) is 0.894. The Morgan fingerprint density at radius 3 is 2.38 bits per heavy atom. The van der Waals surface area contributed by atoms with Gasteiger partial charge in [-0.15, -0.1) is 0 Å². The number of nitrogens with one attached hydrogen (secondary N) is 1. The van der Waals surface area contributed by atoms with E-state index in [2.05, 4.69) is 19.2 Å². The van der Waals surface area contributed by atoms with Crippen LogP contribution in [0.1, 0.15) is 82.6 Å². The van der Waals surface area contributed by atoms with Gasteiger partial charge in [-0.25, -0.2) is 0 Å². The van der Waals surface area contributed by atoms with Crippen LogP contribution in [0.15, 0.2) is 18.2 Å². The maximum atomic E-state index is 13.1. The molecule has 8 nitrogen and oxygen atoms in total. The molecule has 8 heteroatoms. The fraction of sp³-hybridized carbons (Fsp3) is 0.742. The summed E-state index contributed by atoms with van der Waals surface area (Å²) in [6.07, 6.45) is 3.32. The highest BCUT2D eigenvalue weighted by molar-refractivity contribution is 5.96. The minimum absolute atomic E-state index is 0.00727. The molecular weight excluding hydrogens is 496 g/mol. The van der Waals surface area contributed by atoms with Gasteiger partial charge in [0, 0.05) is 51.4 Å². The van der Waals surface area contributed by atoms with E-state index in [0.717, 1.165) is 31.2 Å². The number of rotatable bonds is 17. The second-order valence-corrected chi connectivity index (χ2v) is 11.7. The maximum absolute atomic E-state index is 13.1. The topological polar surface area (TPSA) is 120 Å². The number of ether oxygens (including phenoxy) is 3. The van der Waals surface area contributed by atoms with Crippen LogP contribution in [-0.2, 0) is 20.7 Å². The Kier molecular flexibility index (Phi) is 14.4. The van der Waals surface area contributed by atoms with E-state index in [9.17, 15) is 14.7 Å². The highest BCUT2D eigenvalue weighted by atomic mass is 16.5. The molecule has 1 saturated heterocycles. The normalized spacial score (nSPS) is 17.6. The second-order valence-electron chi connectivity index (χ2n) is 11.7. The molecule has 0 bridgehead atoms. The molecule has 0 radical (unpaired) electrons. The Morgan fingerprint density at radius 1 is 1.10 bits per heavy atom. The number of nitrogens with two attached hydrogens (primary N) is 1. The molecule has 1 unspecified atom stereocenters. The molecule has 0 aliphatic carbocycles. The van der Waals surface area contributed by atoms with Gasteiger partial charge in [0.2, 0.25) is 5.91 Å². The van der Waals surface area contributed by atoms with Crippen LogP contribution in [0.5, 0.6) is 5.75 Å². The van der Waals surface area contributed by atoms with Crippen molar-refractivity contribution in [1.29, 1.82) is 0 Å². The van der Waals surface area contributed by atoms with Crippen LogP contribution in [-0.4, -0.2) is 68.5 Å². The maximum Gasteiger partial charge on any atom is 0.223 e. The summed E-state index contributed by atoms with van der Waals surface area (Å²) in [6.45, 7) is 12.3. The number of carbonyl (C=O) groups is 2. The van der Waals surface area contributed by atoms with Crippen LogP contribution >= 0.6 is 0 Å². The van der Waals surface area contributed by atoms with Crippen LogP contribution in [0.25, 0.3) is 0 Å². The Morgan fingerprint density at radius 2 is 1.79 bits per heavy atom. The molecule has 1 fully saturated rings. The van der Waals surface area contributed by atoms with Gasteiger partial charge in [0.15, 0.2) is 5.78 Å². The number of amides is 1. The van der Waals surface area contributed by atoms with Crippen LogP contribution < -0.4 is 15.8 Å². The first-order chi connectivity index (χ1) is 18.5. The van der Waals surface area contributed by atoms with Crippen molar-refractivity contribution in [3.05, 3.63) is 29.3 Å². The number of carbonyl (C=O) groups excluding carboxylic acids is 2. The summed E-state index contributed by atoms with van der Waals surface area (Å²) in [5.41, 5.74) is 8.19. The number of aliphatic hydroxyl groups is 1. The van der Waals surface area contributed by atoms with E-state index >= 15 is 0 Å². The largest absolute Gasteiger partial charge is 0.493 e. The van der Waals surface area contributed by atoms with Crippen molar-refractivity contribution in [2.75, 3.05) is 33.5 Å². The molecule has 0 saturated carbocycles. The van der Waals surface area contributed by atoms with Crippen LogP contribution in [0.4, 0.5) is 0 Å². The molecule has 1 heterocycles. The fourth-order valence-corrected chi connectivity index (χ4v) is 5.16. The van der Waals surface area contributed by atoms with Crippen molar-refractivity contribution in [2.45, 2.75) is 91.3 Å². The van der Waals surface area contributed by atoms with Gasteiger partial charge >= 0.3 is 0 Å². The third-order valence-corrected chi connectivity index (χ3v) is 7.89. The van der Waals surface area contributed by atoms with E-state index in [1.165, 1.54) is 0 Å². The van der Waals surface area contributed by atoms with E-state index in [1.807, 2.05) is 32.0 Å². The Hall–Kier alpha value is -2.00. The van der Waals surface area contributed by atoms with E-state index in [4.69, 9.17) is 19.9 Å².